The van der Waals surface area contributed by atoms with Crippen molar-refractivity contribution in [2.75, 3.05) is 6.54 Å². The van der Waals surface area contributed by atoms with Crippen molar-refractivity contribution < 1.29 is 9.50 Å². The first kappa shape index (κ1) is 12.0. The van der Waals surface area contributed by atoms with Gasteiger partial charge in [-0.05, 0) is 43.5 Å². The van der Waals surface area contributed by atoms with Crippen molar-refractivity contribution in [2.45, 2.75) is 32.4 Å². The van der Waals surface area contributed by atoms with E-state index in [0.717, 1.165) is 12.0 Å². The Morgan fingerprint density at radius 3 is 2.60 bits per heavy atom. The van der Waals surface area contributed by atoms with Crippen molar-refractivity contribution in [1.82, 2.24) is 0 Å². The molecule has 0 aliphatic carbocycles. The number of aromatic hydroxyl groups is 1. The zero-order valence-electron chi connectivity index (χ0n) is 9.20. The van der Waals surface area contributed by atoms with E-state index < -0.39 is 6.17 Å². The van der Waals surface area contributed by atoms with Gasteiger partial charge in [-0.25, -0.2) is 4.39 Å². The summed E-state index contributed by atoms with van der Waals surface area (Å²) in [5, 5.41) is 9.45. The minimum atomic E-state index is -1.14. The summed E-state index contributed by atoms with van der Waals surface area (Å²) in [5.41, 5.74) is 6.85. The van der Waals surface area contributed by atoms with Crippen LogP contribution in [0.3, 0.4) is 0 Å². The maximum atomic E-state index is 13.1. The molecule has 2 atom stereocenters. The Labute approximate surface area is 89.9 Å². The molecule has 0 aliphatic heterocycles. The fraction of sp³-hybridized carbons (Fsp3) is 0.500. The minimum Gasteiger partial charge on any atom is -0.508 e. The Balaban J connectivity index is 2.96. The van der Waals surface area contributed by atoms with Crippen molar-refractivity contribution in [2.24, 2.45) is 5.73 Å². The molecule has 0 saturated heterocycles. The maximum absolute atomic E-state index is 13.1. The van der Waals surface area contributed by atoms with Crippen LogP contribution in [-0.2, 0) is 0 Å². The number of phenolic OH excluding ortho intramolecular Hbond substituents is 1. The summed E-state index contributed by atoms with van der Waals surface area (Å²) >= 11 is 0. The Kier molecular flexibility index (Phi) is 4.09. The number of nitrogens with two attached hydrogens (primary N) is 1. The quantitative estimate of drug-likeness (QED) is 0.804. The van der Waals surface area contributed by atoms with Crippen molar-refractivity contribution in [3.05, 3.63) is 29.3 Å². The zero-order valence-corrected chi connectivity index (χ0v) is 9.20. The molecule has 0 aromatic heterocycles. The first-order valence-electron chi connectivity index (χ1n) is 5.23. The minimum absolute atomic E-state index is 0.0219. The van der Waals surface area contributed by atoms with Gasteiger partial charge in [0.1, 0.15) is 11.9 Å². The number of hydrogen-bond acceptors (Lipinski definition) is 2. The average Bonchev–Trinajstić information content (AvgIpc) is 2.18. The molecule has 0 bridgehead atoms. The molecule has 0 radical (unpaired) electrons. The second-order valence-corrected chi connectivity index (χ2v) is 3.91. The Morgan fingerprint density at radius 1 is 1.40 bits per heavy atom. The number of rotatable bonds is 4. The van der Waals surface area contributed by atoms with Crippen LogP contribution in [0.2, 0.25) is 0 Å². The molecule has 84 valence electrons. The number of benzene rings is 1. The summed E-state index contributed by atoms with van der Waals surface area (Å²) in [4.78, 5) is 0. The van der Waals surface area contributed by atoms with Crippen LogP contribution in [0.1, 0.15) is 43.5 Å². The molecule has 3 N–H and O–H groups in total. The van der Waals surface area contributed by atoms with Crippen molar-refractivity contribution >= 4 is 0 Å². The molecule has 0 heterocycles. The Morgan fingerprint density at radius 2 is 2.07 bits per heavy atom. The molecule has 0 fully saturated rings. The third kappa shape index (κ3) is 2.93. The van der Waals surface area contributed by atoms with Gasteiger partial charge in [0.25, 0.3) is 0 Å². The molecular weight excluding hydrogens is 193 g/mol. The Hall–Kier alpha value is -1.09. The van der Waals surface area contributed by atoms with E-state index >= 15 is 0 Å². The first-order valence-corrected chi connectivity index (χ1v) is 5.23. The fourth-order valence-electron chi connectivity index (χ4n) is 1.61. The van der Waals surface area contributed by atoms with E-state index in [9.17, 15) is 9.50 Å². The molecule has 0 aliphatic rings. The highest BCUT2D eigenvalue weighted by Crippen LogP contribution is 2.30. The van der Waals surface area contributed by atoms with Crippen molar-refractivity contribution in [3.63, 3.8) is 0 Å². The predicted molar refractivity (Wildman–Crippen MR) is 59.7 cm³/mol. The fourth-order valence-corrected chi connectivity index (χ4v) is 1.61. The Bertz CT molecular complexity index is 325. The maximum Gasteiger partial charge on any atom is 0.126 e. The van der Waals surface area contributed by atoms with Crippen LogP contribution in [-0.4, -0.2) is 11.7 Å². The first-order chi connectivity index (χ1) is 7.06. The number of alkyl halides is 1. The molecule has 15 heavy (non-hydrogen) atoms. The second kappa shape index (κ2) is 5.12. The third-order valence-corrected chi connectivity index (χ3v) is 2.65. The molecule has 2 nitrogen and oxygen atoms in total. The van der Waals surface area contributed by atoms with Gasteiger partial charge in [-0.2, -0.15) is 0 Å². The van der Waals surface area contributed by atoms with E-state index in [0.29, 0.717) is 18.0 Å². The van der Waals surface area contributed by atoms with Gasteiger partial charge in [-0.3, -0.25) is 0 Å². The number of halogens is 1. The van der Waals surface area contributed by atoms with E-state index in [4.69, 9.17) is 5.73 Å². The molecule has 0 saturated carbocycles. The monoisotopic (exact) mass is 211 g/mol. The largest absolute Gasteiger partial charge is 0.508 e. The van der Waals surface area contributed by atoms with Crippen LogP contribution in [0.4, 0.5) is 4.39 Å². The number of phenols is 1. The molecule has 3 heteroatoms. The normalized spacial score (nSPS) is 14.9. The smallest absolute Gasteiger partial charge is 0.126 e. The molecule has 0 spiro atoms. The van der Waals surface area contributed by atoms with Crippen LogP contribution < -0.4 is 5.73 Å². The van der Waals surface area contributed by atoms with Gasteiger partial charge in [-0.1, -0.05) is 13.0 Å². The topological polar surface area (TPSA) is 46.2 Å². The summed E-state index contributed by atoms with van der Waals surface area (Å²) in [6.07, 6.45) is -0.278. The zero-order chi connectivity index (χ0) is 11.4. The number of hydrogen-bond donors (Lipinski definition) is 2. The summed E-state index contributed by atoms with van der Waals surface area (Å²) in [6, 6.07) is 5.09. The molecular formula is C12H18FNO. The van der Waals surface area contributed by atoms with Crippen LogP contribution in [0, 0.1) is 0 Å². The van der Waals surface area contributed by atoms with Crippen LogP contribution in [0.25, 0.3) is 0 Å². The SMILES string of the molecule is CC(F)c1cc(C(C)CCN)ccc1O. The highest BCUT2D eigenvalue weighted by atomic mass is 19.1. The van der Waals surface area contributed by atoms with E-state index in [1.165, 1.54) is 6.92 Å². The van der Waals surface area contributed by atoms with Gasteiger partial charge in [0, 0.05) is 5.56 Å². The van der Waals surface area contributed by atoms with E-state index in [-0.39, 0.29) is 5.75 Å². The highest BCUT2D eigenvalue weighted by molar-refractivity contribution is 5.38. The molecule has 1 aromatic rings. The van der Waals surface area contributed by atoms with Crippen molar-refractivity contribution in [3.8, 4) is 5.75 Å². The average molecular weight is 211 g/mol. The second-order valence-electron chi connectivity index (χ2n) is 3.91. The summed E-state index contributed by atoms with van der Waals surface area (Å²) in [5.74, 6) is 0.321. The van der Waals surface area contributed by atoms with Crippen LogP contribution in [0.15, 0.2) is 18.2 Å². The third-order valence-electron chi connectivity index (χ3n) is 2.65. The molecule has 2 unspecified atom stereocenters. The molecule has 1 aromatic carbocycles. The van der Waals surface area contributed by atoms with E-state index in [1.807, 2.05) is 13.0 Å². The summed E-state index contributed by atoms with van der Waals surface area (Å²) < 4.78 is 13.1. The lowest BCUT2D eigenvalue weighted by atomic mass is 9.95. The summed E-state index contributed by atoms with van der Waals surface area (Å²) in [7, 11) is 0. The van der Waals surface area contributed by atoms with Crippen LogP contribution in [0.5, 0.6) is 5.75 Å². The van der Waals surface area contributed by atoms with Gasteiger partial charge >= 0.3 is 0 Å². The van der Waals surface area contributed by atoms with Gasteiger partial charge in [0.2, 0.25) is 0 Å². The van der Waals surface area contributed by atoms with Gasteiger partial charge in [0.05, 0.1) is 0 Å². The lowest BCUT2D eigenvalue weighted by molar-refractivity contribution is 0.356. The highest BCUT2D eigenvalue weighted by Gasteiger charge is 2.12. The van der Waals surface area contributed by atoms with E-state index in [2.05, 4.69) is 0 Å². The molecule has 1 rings (SSSR count). The standard InChI is InChI=1S/C12H18FNO/c1-8(5-6-14)10-3-4-12(15)11(7-10)9(2)13/h3-4,7-9,15H,5-6,14H2,1-2H3. The lowest BCUT2D eigenvalue weighted by Crippen LogP contribution is -2.05. The van der Waals surface area contributed by atoms with Gasteiger partial charge in [-0.15, -0.1) is 0 Å². The van der Waals surface area contributed by atoms with Crippen molar-refractivity contribution in [1.29, 1.82) is 0 Å². The van der Waals surface area contributed by atoms with Crippen LogP contribution >= 0.6 is 0 Å². The van der Waals surface area contributed by atoms with E-state index in [1.54, 1.807) is 12.1 Å². The predicted octanol–water partition coefficient (Wildman–Crippen LogP) is 2.88. The van der Waals surface area contributed by atoms with Gasteiger partial charge < -0.3 is 10.8 Å². The van der Waals surface area contributed by atoms with Gasteiger partial charge in [0.15, 0.2) is 0 Å². The lowest BCUT2D eigenvalue weighted by Gasteiger charge is -2.13. The summed E-state index contributed by atoms with van der Waals surface area (Å²) in [6.45, 7) is 4.08. The molecule has 0 amide bonds.